The molecule has 1 aliphatic heterocycles. The minimum Gasteiger partial charge on any atom is -0.505 e. The molecule has 0 radical (unpaired) electrons. The standard InChI is InChI=1S/C15H12FNO2/c16-12-7-11-10(8-14(12)18)13(17-15(11)19)6-9-4-2-1-3-5-9/h1-5,7-8,13,18H,6H2,(H,17,19). The van der Waals surface area contributed by atoms with Crippen LogP contribution in [0.1, 0.15) is 27.5 Å². The molecule has 0 bridgehead atoms. The lowest BCUT2D eigenvalue weighted by Gasteiger charge is -2.12. The highest BCUT2D eigenvalue weighted by molar-refractivity contribution is 5.99. The first-order valence-corrected chi connectivity index (χ1v) is 6.02. The molecule has 1 aliphatic rings. The molecule has 0 aromatic heterocycles. The van der Waals surface area contributed by atoms with Crippen LogP contribution in [0.3, 0.4) is 0 Å². The third kappa shape index (κ3) is 2.05. The lowest BCUT2D eigenvalue weighted by molar-refractivity contribution is 0.0956. The Morgan fingerprint density at radius 2 is 1.95 bits per heavy atom. The van der Waals surface area contributed by atoms with Gasteiger partial charge in [-0.1, -0.05) is 30.3 Å². The Morgan fingerprint density at radius 1 is 1.21 bits per heavy atom. The second-order valence-electron chi connectivity index (χ2n) is 4.61. The van der Waals surface area contributed by atoms with Gasteiger partial charge in [0, 0.05) is 5.56 Å². The van der Waals surface area contributed by atoms with Crippen molar-refractivity contribution < 1.29 is 14.3 Å². The van der Waals surface area contributed by atoms with Crippen LogP contribution in [0.2, 0.25) is 0 Å². The summed E-state index contributed by atoms with van der Waals surface area (Å²) in [5.41, 5.74) is 2.02. The lowest BCUT2D eigenvalue weighted by atomic mass is 9.98. The summed E-state index contributed by atoms with van der Waals surface area (Å²) in [6, 6.07) is 11.9. The molecular weight excluding hydrogens is 245 g/mol. The van der Waals surface area contributed by atoms with Gasteiger partial charge in [0.1, 0.15) is 0 Å². The Kier molecular flexibility index (Phi) is 2.71. The molecule has 0 fully saturated rings. The minimum absolute atomic E-state index is 0.226. The normalized spacial score (nSPS) is 17.1. The predicted molar refractivity (Wildman–Crippen MR) is 68.4 cm³/mol. The van der Waals surface area contributed by atoms with Gasteiger partial charge in [0.05, 0.1) is 6.04 Å². The molecule has 1 amide bonds. The van der Waals surface area contributed by atoms with E-state index in [2.05, 4.69) is 5.32 Å². The quantitative estimate of drug-likeness (QED) is 0.868. The number of phenolic OH excluding ortho intramolecular Hbond substituents is 1. The number of carbonyl (C=O) groups excluding carboxylic acids is 1. The average molecular weight is 257 g/mol. The van der Waals surface area contributed by atoms with Crippen molar-refractivity contribution in [1.82, 2.24) is 5.32 Å². The third-order valence-electron chi connectivity index (χ3n) is 3.33. The van der Waals surface area contributed by atoms with E-state index in [9.17, 15) is 14.3 Å². The van der Waals surface area contributed by atoms with E-state index in [4.69, 9.17) is 0 Å². The van der Waals surface area contributed by atoms with Crippen molar-refractivity contribution in [3.63, 3.8) is 0 Å². The number of aromatic hydroxyl groups is 1. The Labute approximate surface area is 109 Å². The van der Waals surface area contributed by atoms with Gasteiger partial charge in [-0.15, -0.1) is 0 Å². The first-order chi connectivity index (χ1) is 9.15. The zero-order valence-electron chi connectivity index (χ0n) is 10.1. The van der Waals surface area contributed by atoms with E-state index in [1.807, 2.05) is 30.3 Å². The molecule has 96 valence electrons. The number of hydrogen-bond acceptors (Lipinski definition) is 2. The van der Waals surface area contributed by atoms with Crippen LogP contribution in [0.4, 0.5) is 4.39 Å². The summed E-state index contributed by atoms with van der Waals surface area (Å²) in [5, 5.41) is 12.2. The SMILES string of the molecule is O=C1NC(Cc2ccccc2)c2cc(O)c(F)cc21. The molecule has 0 aliphatic carbocycles. The molecule has 3 rings (SSSR count). The maximum Gasteiger partial charge on any atom is 0.252 e. The summed E-state index contributed by atoms with van der Waals surface area (Å²) in [4.78, 5) is 11.8. The Hall–Kier alpha value is -2.36. The van der Waals surface area contributed by atoms with Gasteiger partial charge in [-0.05, 0) is 29.7 Å². The molecule has 2 aromatic rings. The van der Waals surface area contributed by atoms with Gasteiger partial charge >= 0.3 is 0 Å². The van der Waals surface area contributed by atoms with E-state index < -0.39 is 11.6 Å². The predicted octanol–water partition coefficient (Wildman–Crippen LogP) is 2.56. The lowest BCUT2D eigenvalue weighted by Crippen LogP contribution is -2.20. The highest BCUT2D eigenvalue weighted by Crippen LogP contribution is 2.32. The third-order valence-corrected chi connectivity index (χ3v) is 3.33. The van der Waals surface area contributed by atoms with E-state index >= 15 is 0 Å². The van der Waals surface area contributed by atoms with E-state index in [0.29, 0.717) is 17.5 Å². The van der Waals surface area contributed by atoms with Crippen LogP contribution < -0.4 is 5.32 Å². The van der Waals surface area contributed by atoms with Crippen LogP contribution in [0.5, 0.6) is 5.75 Å². The fraction of sp³-hybridized carbons (Fsp3) is 0.133. The van der Waals surface area contributed by atoms with Crippen LogP contribution >= 0.6 is 0 Å². The summed E-state index contributed by atoms with van der Waals surface area (Å²) in [6.07, 6.45) is 0.616. The fourth-order valence-corrected chi connectivity index (χ4v) is 2.39. The summed E-state index contributed by atoms with van der Waals surface area (Å²) >= 11 is 0. The maximum absolute atomic E-state index is 13.3. The summed E-state index contributed by atoms with van der Waals surface area (Å²) in [5.74, 6) is -1.49. The molecule has 3 nitrogen and oxygen atoms in total. The van der Waals surface area contributed by atoms with Crippen molar-refractivity contribution in [1.29, 1.82) is 0 Å². The van der Waals surface area contributed by atoms with Crippen molar-refractivity contribution in [2.45, 2.75) is 12.5 Å². The van der Waals surface area contributed by atoms with Gasteiger partial charge in [0.15, 0.2) is 11.6 Å². The zero-order valence-corrected chi connectivity index (χ0v) is 10.1. The summed E-state index contributed by atoms with van der Waals surface area (Å²) < 4.78 is 13.3. The van der Waals surface area contributed by atoms with E-state index in [1.54, 1.807) is 0 Å². The molecule has 0 saturated heterocycles. The van der Waals surface area contributed by atoms with Crippen molar-refractivity contribution in [2.75, 3.05) is 0 Å². The van der Waals surface area contributed by atoms with Crippen molar-refractivity contribution in [3.8, 4) is 5.75 Å². The van der Waals surface area contributed by atoms with Crippen LogP contribution in [0, 0.1) is 5.82 Å². The number of fused-ring (bicyclic) bond motifs is 1. The fourth-order valence-electron chi connectivity index (χ4n) is 2.39. The topological polar surface area (TPSA) is 49.3 Å². The molecule has 2 N–H and O–H groups in total. The highest BCUT2D eigenvalue weighted by atomic mass is 19.1. The monoisotopic (exact) mass is 257 g/mol. The molecule has 0 saturated carbocycles. The first-order valence-electron chi connectivity index (χ1n) is 6.02. The molecular formula is C15H12FNO2. The van der Waals surface area contributed by atoms with Gasteiger partial charge in [0.2, 0.25) is 0 Å². The number of carbonyl (C=O) groups is 1. The smallest absolute Gasteiger partial charge is 0.252 e. The summed E-state index contributed by atoms with van der Waals surface area (Å²) in [6.45, 7) is 0. The molecule has 1 unspecified atom stereocenters. The van der Waals surface area contributed by atoms with Crippen molar-refractivity contribution in [2.24, 2.45) is 0 Å². The second kappa shape index (κ2) is 4.39. The van der Waals surface area contributed by atoms with Crippen LogP contribution in [0.15, 0.2) is 42.5 Å². The average Bonchev–Trinajstić information content (AvgIpc) is 2.68. The van der Waals surface area contributed by atoms with Crippen molar-refractivity contribution >= 4 is 5.91 Å². The number of rotatable bonds is 2. The van der Waals surface area contributed by atoms with E-state index in [1.165, 1.54) is 6.07 Å². The molecule has 1 heterocycles. The van der Waals surface area contributed by atoms with Gasteiger partial charge < -0.3 is 10.4 Å². The number of amides is 1. The number of benzene rings is 2. The van der Waals surface area contributed by atoms with Crippen LogP contribution in [-0.2, 0) is 6.42 Å². The first kappa shape index (κ1) is 11.7. The Morgan fingerprint density at radius 3 is 2.68 bits per heavy atom. The molecule has 2 aromatic carbocycles. The zero-order chi connectivity index (χ0) is 13.4. The molecule has 0 spiro atoms. The summed E-state index contributed by atoms with van der Waals surface area (Å²) in [7, 11) is 0. The van der Waals surface area contributed by atoms with Crippen LogP contribution in [0.25, 0.3) is 0 Å². The van der Waals surface area contributed by atoms with Gasteiger partial charge in [0.25, 0.3) is 5.91 Å². The number of nitrogens with one attached hydrogen (secondary N) is 1. The molecule has 19 heavy (non-hydrogen) atoms. The van der Waals surface area contributed by atoms with Gasteiger partial charge in [-0.25, -0.2) is 4.39 Å². The second-order valence-corrected chi connectivity index (χ2v) is 4.61. The number of phenols is 1. The Bertz CT molecular complexity index is 640. The molecule has 4 heteroatoms. The largest absolute Gasteiger partial charge is 0.505 e. The van der Waals surface area contributed by atoms with E-state index in [-0.39, 0.29) is 11.9 Å². The van der Waals surface area contributed by atoms with Crippen LogP contribution in [-0.4, -0.2) is 11.0 Å². The van der Waals surface area contributed by atoms with Gasteiger partial charge in [-0.3, -0.25) is 4.79 Å². The van der Waals surface area contributed by atoms with Crippen molar-refractivity contribution in [3.05, 3.63) is 65.0 Å². The highest BCUT2D eigenvalue weighted by Gasteiger charge is 2.30. The maximum atomic E-state index is 13.3. The minimum atomic E-state index is -0.769. The number of hydrogen-bond donors (Lipinski definition) is 2. The van der Waals surface area contributed by atoms with E-state index in [0.717, 1.165) is 11.6 Å². The Balaban J connectivity index is 1.96. The number of halogens is 1. The van der Waals surface area contributed by atoms with Gasteiger partial charge in [-0.2, -0.15) is 0 Å². The molecule has 1 atom stereocenters.